The third kappa shape index (κ3) is 16.5. The van der Waals surface area contributed by atoms with Crippen LogP contribution in [0.5, 0.6) is 0 Å². The maximum atomic E-state index is 6.36. The summed E-state index contributed by atoms with van der Waals surface area (Å²) in [5.74, 6) is 0. The Hall–Kier alpha value is -0.213. The quantitative estimate of drug-likeness (QED) is 0.0566. The topological polar surface area (TPSA) is 66.0 Å². The Morgan fingerprint density at radius 3 is 0.532 bits per heavy atom. The van der Waals surface area contributed by atoms with Gasteiger partial charge in [-0.25, -0.2) is 9.05 Å². The number of hydrogen-bond donors (Lipinski definition) is 0. The van der Waals surface area contributed by atoms with Crippen molar-refractivity contribution in [2.75, 3.05) is 14.2 Å². The van der Waals surface area contributed by atoms with Crippen LogP contribution in [-0.2, 0) is 42.0 Å². The summed E-state index contributed by atoms with van der Waals surface area (Å²) < 4.78 is 12.7. The first kappa shape index (κ1) is 61.8. The molecule has 0 heterocycles. The van der Waals surface area contributed by atoms with Crippen LogP contribution < -0.4 is 42.4 Å². The van der Waals surface area contributed by atoms with Crippen molar-refractivity contribution < 1.29 is 42.0 Å². The summed E-state index contributed by atoms with van der Waals surface area (Å²) >= 11 is 0. The minimum Gasteiger partial charge on any atom is -0.233 e. The van der Waals surface area contributed by atoms with Crippen molar-refractivity contribution in [1.82, 2.24) is 0 Å². The second-order valence-electron chi connectivity index (χ2n) is 18.3. The van der Waals surface area contributed by atoms with Crippen molar-refractivity contribution >= 4 is 90.4 Å². The zero-order chi connectivity index (χ0) is 45.4. The Morgan fingerprint density at radius 1 is 0.290 bits per heavy atom. The molecule has 0 spiro atoms. The molecule has 62 heavy (non-hydrogen) atoms. The maximum absolute atomic E-state index is 6.36. The van der Waals surface area contributed by atoms with Crippen molar-refractivity contribution in [3.05, 3.63) is 97.1 Å². The summed E-state index contributed by atoms with van der Waals surface area (Å²) in [7, 11) is -1.32. The van der Waals surface area contributed by atoms with Crippen molar-refractivity contribution in [1.29, 1.82) is 10.8 Å². The van der Waals surface area contributed by atoms with Gasteiger partial charge in [-0.1, -0.05) is 48.5 Å². The van der Waals surface area contributed by atoms with Crippen molar-refractivity contribution in [2.24, 2.45) is 0 Å². The summed E-state index contributed by atoms with van der Waals surface area (Å²) in [5.41, 5.74) is 5.68. The fourth-order valence-electron chi connectivity index (χ4n) is 9.62. The van der Waals surface area contributed by atoms with E-state index in [4.69, 9.17) is 19.8 Å². The Morgan fingerprint density at radius 2 is 0.419 bits per heavy atom. The van der Waals surface area contributed by atoms with Gasteiger partial charge in [-0.05, 0) is 159 Å². The summed E-state index contributed by atoms with van der Waals surface area (Å²) in [6.45, 7) is 38.4. The molecule has 0 radical (unpaired) electrons. The molecule has 0 N–H and O–H groups in total. The molecule has 0 bridgehead atoms. The molecule has 0 atom stereocenters. The van der Waals surface area contributed by atoms with Gasteiger partial charge in [-0.15, -0.1) is 0 Å². The molecule has 4 nitrogen and oxygen atoms in total. The van der Waals surface area contributed by atoms with Crippen LogP contribution >= 0.6 is 48.0 Å². The predicted molar refractivity (Wildman–Crippen MR) is 291 cm³/mol. The molecular formula is C50H84N2Ni2O2P6+6. The van der Waals surface area contributed by atoms with Gasteiger partial charge in [0.15, 0.2) is 21.2 Å². The molecule has 12 heteroatoms. The normalized spacial score (nSPS) is 11.8. The SMILES string of the molecule is CO[PH+](c1ccccc1[PH+](C(C)C)C(C)C)c1ccccc1[PH+](C(C)C)C(C)C.CO[PH+](c1ccccc1[PH+](C(C)C)C(C)C)c1ccccc1[PH+](C(C)C)C(C)C.N#N.[Ni].[Ni]. The van der Waals surface area contributed by atoms with Gasteiger partial charge in [0, 0.05) is 75.5 Å². The van der Waals surface area contributed by atoms with Crippen LogP contribution in [-0.4, -0.2) is 59.5 Å². The average Bonchev–Trinajstić information content (AvgIpc) is 3.18. The van der Waals surface area contributed by atoms with Gasteiger partial charge in [-0.3, -0.25) is 0 Å². The molecule has 0 fully saturated rings. The molecule has 4 aromatic rings. The van der Waals surface area contributed by atoms with Crippen LogP contribution in [0.4, 0.5) is 0 Å². The first-order valence-electron chi connectivity index (χ1n) is 22.3. The van der Waals surface area contributed by atoms with E-state index in [1.165, 1.54) is 21.2 Å². The first-order chi connectivity index (χ1) is 28.4. The monoisotopic (exact) mass is 1050 g/mol. The van der Waals surface area contributed by atoms with E-state index in [-0.39, 0.29) is 33.0 Å². The Kier molecular flexibility index (Phi) is 30.8. The number of hydrogen-bond acceptors (Lipinski definition) is 4. The molecule has 0 aliphatic carbocycles. The molecule has 350 valence electrons. The fraction of sp³-hybridized carbons (Fsp3) is 0.520. The maximum Gasteiger partial charge on any atom is 0.205 e. The standard InChI is InChI=1S/2C25H39OP3.N2.2Ni/c2*1-18(2)27(19(3)4)22-14-10-12-16-24(22)29(26-9)25-17-13-11-15-23(25)28(20(5)6)21(7)8;1-2;;/h2*10-21H,1-9H3;;;/p+6. The van der Waals surface area contributed by atoms with Gasteiger partial charge in [-0.2, -0.15) is 0 Å². The molecule has 0 aliphatic heterocycles. The average molecular weight is 1050 g/mol. The van der Waals surface area contributed by atoms with Gasteiger partial charge in [0.25, 0.3) is 0 Å². The van der Waals surface area contributed by atoms with E-state index in [0.717, 1.165) is 0 Å². The van der Waals surface area contributed by atoms with Crippen LogP contribution in [0.15, 0.2) is 97.1 Å². The summed E-state index contributed by atoms with van der Waals surface area (Å²) in [4.78, 5) is 0. The minimum absolute atomic E-state index is 0. The second-order valence-corrected chi connectivity index (χ2v) is 37.6. The summed E-state index contributed by atoms with van der Waals surface area (Å²) in [6.07, 6.45) is 0. The van der Waals surface area contributed by atoms with Crippen LogP contribution in [0, 0.1) is 10.8 Å². The van der Waals surface area contributed by atoms with Crippen molar-refractivity contribution in [3.63, 3.8) is 0 Å². The zero-order valence-corrected chi connectivity index (χ0v) is 49.2. The van der Waals surface area contributed by atoms with E-state index < -0.39 is 48.0 Å². The van der Waals surface area contributed by atoms with Gasteiger partial charge < -0.3 is 0 Å². The molecular weight excluding hydrogens is 964 g/mol. The molecule has 0 aliphatic rings. The van der Waals surface area contributed by atoms with Crippen LogP contribution in [0.2, 0.25) is 0 Å². The second kappa shape index (κ2) is 31.0. The molecule has 0 saturated heterocycles. The number of benzene rings is 4. The molecule has 0 unspecified atom stereocenters. The third-order valence-corrected chi connectivity index (χ3v) is 31.0. The smallest absolute Gasteiger partial charge is 0.205 e. The Balaban J connectivity index is 0.00000112. The summed E-state index contributed by atoms with van der Waals surface area (Å²) in [6, 6.07) is 36.8. The third-order valence-electron chi connectivity index (χ3n) is 11.3. The van der Waals surface area contributed by atoms with E-state index in [9.17, 15) is 0 Å². The van der Waals surface area contributed by atoms with E-state index in [0.29, 0.717) is 45.3 Å². The van der Waals surface area contributed by atoms with Gasteiger partial charge in [0.1, 0.15) is 21.2 Å². The van der Waals surface area contributed by atoms with Gasteiger partial charge in [0.2, 0.25) is 16.3 Å². The van der Waals surface area contributed by atoms with Crippen LogP contribution in [0.1, 0.15) is 111 Å². The van der Waals surface area contributed by atoms with Crippen LogP contribution in [0.3, 0.4) is 0 Å². The molecule has 0 amide bonds. The Bertz CT molecular complexity index is 1580. The van der Waals surface area contributed by atoms with Gasteiger partial charge in [0.05, 0.1) is 59.5 Å². The fourth-order valence-corrected chi connectivity index (χ4v) is 29.5. The van der Waals surface area contributed by atoms with Gasteiger partial charge >= 0.3 is 0 Å². The van der Waals surface area contributed by atoms with E-state index in [1.54, 1.807) is 21.2 Å². The molecule has 4 aromatic carbocycles. The largest absolute Gasteiger partial charge is 0.233 e. The van der Waals surface area contributed by atoms with E-state index in [1.807, 2.05) is 14.2 Å². The van der Waals surface area contributed by atoms with Crippen molar-refractivity contribution in [2.45, 2.75) is 156 Å². The zero-order valence-electron chi connectivity index (χ0n) is 41.2. The predicted octanol–water partition coefficient (Wildman–Crippen LogP) is 11.5. The van der Waals surface area contributed by atoms with Crippen molar-refractivity contribution in [3.8, 4) is 0 Å². The summed E-state index contributed by atoms with van der Waals surface area (Å²) in [5, 5.41) is 24.3. The molecule has 0 aromatic heterocycles. The Labute approximate surface area is 407 Å². The van der Waals surface area contributed by atoms with Crippen LogP contribution in [0.25, 0.3) is 0 Å². The molecule has 4 rings (SSSR count). The van der Waals surface area contributed by atoms with E-state index >= 15 is 0 Å². The minimum atomic E-state index is -1.27. The number of rotatable bonds is 18. The number of nitrogens with zero attached hydrogens (tertiary/aromatic N) is 2. The van der Waals surface area contributed by atoms with E-state index in [2.05, 4.69) is 208 Å². The first-order valence-corrected chi connectivity index (χ1v) is 31.7. The molecule has 0 saturated carbocycles.